The molecule has 12 N–H and O–H groups in total. The maximum absolute atomic E-state index is 13.1. The lowest BCUT2D eigenvalue weighted by molar-refractivity contribution is -0.143. The van der Waals surface area contributed by atoms with Gasteiger partial charge in [-0.25, -0.2) is 4.79 Å². The smallest absolute Gasteiger partial charge is 0.326 e. The molecule has 0 aromatic carbocycles. The summed E-state index contributed by atoms with van der Waals surface area (Å²) in [5.74, 6) is -4.41. The molecule has 0 aliphatic heterocycles. The molecule has 0 fully saturated rings. The summed E-state index contributed by atoms with van der Waals surface area (Å²) >= 11 is 0. The third kappa shape index (κ3) is 13.5. The van der Waals surface area contributed by atoms with Crippen LogP contribution in [-0.4, -0.2) is 71.4 Å². The summed E-state index contributed by atoms with van der Waals surface area (Å²) in [7, 11) is 0. The highest BCUT2D eigenvalue weighted by Gasteiger charge is 2.31. The van der Waals surface area contributed by atoms with Gasteiger partial charge in [0, 0.05) is 13.0 Å². The number of carbonyl (C=O) groups is 5. The number of hydrogen-bond acceptors (Lipinski definition) is 7. The molecule has 14 heteroatoms. The Hall–Kier alpha value is -3.42. The molecule has 4 atom stereocenters. The summed E-state index contributed by atoms with van der Waals surface area (Å²) in [6.07, 6.45) is 0.411. The maximum atomic E-state index is 13.1. The quantitative estimate of drug-likeness (QED) is 0.0598. The van der Waals surface area contributed by atoms with Gasteiger partial charge in [-0.1, -0.05) is 27.7 Å². The Balaban J connectivity index is 5.68. The van der Waals surface area contributed by atoms with Gasteiger partial charge < -0.3 is 44.0 Å². The third-order valence-corrected chi connectivity index (χ3v) is 5.18. The first-order valence-electron chi connectivity index (χ1n) is 11.9. The number of nitrogens with one attached hydrogen (secondary N) is 3. The zero-order valence-electron chi connectivity index (χ0n) is 21.5. The second kappa shape index (κ2) is 16.3. The van der Waals surface area contributed by atoms with Crippen molar-refractivity contribution in [3.05, 3.63) is 0 Å². The molecule has 0 bridgehead atoms. The second-order valence-electron chi connectivity index (χ2n) is 9.38. The fourth-order valence-electron chi connectivity index (χ4n) is 3.26. The molecule has 0 aliphatic rings. The Bertz CT molecular complexity index is 797. The Morgan fingerprint density at radius 1 is 0.833 bits per heavy atom. The average molecular weight is 515 g/mol. The monoisotopic (exact) mass is 514 g/mol. The highest BCUT2D eigenvalue weighted by Crippen LogP contribution is 2.08. The first kappa shape index (κ1) is 32.6. The highest BCUT2D eigenvalue weighted by molar-refractivity contribution is 5.94. The number of aliphatic carboxylic acids is 1. The fraction of sp³-hybridized carbons (Fsp3) is 0.727. The van der Waals surface area contributed by atoms with Crippen LogP contribution < -0.4 is 38.9 Å². The van der Waals surface area contributed by atoms with E-state index in [9.17, 15) is 29.1 Å². The van der Waals surface area contributed by atoms with E-state index in [1.54, 1.807) is 13.8 Å². The van der Waals surface area contributed by atoms with Gasteiger partial charge in [0.05, 0.1) is 6.04 Å². The van der Waals surface area contributed by atoms with E-state index in [1.807, 2.05) is 13.8 Å². The number of rotatable bonds is 17. The van der Waals surface area contributed by atoms with Crippen molar-refractivity contribution < 1.29 is 29.1 Å². The van der Waals surface area contributed by atoms with Crippen LogP contribution in [0.1, 0.15) is 59.8 Å². The number of carboxylic acid groups (broad SMARTS) is 1. The zero-order chi connectivity index (χ0) is 28.0. The number of amides is 4. The molecular weight excluding hydrogens is 472 g/mol. The molecule has 36 heavy (non-hydrogen) atoms. The number of carbonyl (C=O) groups excluding carboxylic acids is 4. The van der Waals surface area contributed by atoms with E-state index in [0.29, 0.717) is 6.42 Å². The van der Waals surface area contributed by atoms with E-state index >= 15 is 0 Å². The molecule has 14 nitrogen and oxygen atoms in total. The van der Waals surface area contributed by atoms with Crippen LogP contribution in [-0.2, 0) is 24.0 Å². The first-order valence-corrected chi connectivity index (χ1v) is 11.9. The fourth-order valence-corrected chi connectivity index (χ4v) is 3.26. The lowest BCUT2D eigenvalue weighted by Gasteiger charge is -2.26. The molecule has 0 heterocycles. The predicted molar refractivity (Wildman–Crippen MR) is 134 cm³/mol. The maximum Gasteiger partial charge on any atom is 0.326 e. The van der Waals surface area contributed by atoms with Crippen LogP contribution in [0.2, 0.25) is 0 Å². The van der Waals surface area contributed by atoms with Crippen LogP contribution >= 0.6 is 0 Å². The van der Waals surface area contributed by atoms with Gasteiger partial charge in [0.2, 0.25) is 23.6 Å². The summed E-state index contributed by atoms with van der Waals surface area (Å²) in [6.45, 7) is 7.19. The van der Waals surface area contributed by atoms with Gasteiger partial charge in [-0.3, -0.25) is 24.2 Å². The van der Waals surface area contributed by atoms with Gasteiger partial charge in [0.1, 0.15) is 18.1 Å². The van der Waals surface area contributed by atoms with Crippen LogP contribution in [0.4, 0.5) is 0 Å². The molecule has 0 aromatic rings. The molecule has 0 rings (SSSR count). The average Bonchev–Trinajstić information content (AvgIpc) is 2.75. The van der Waals surface area contributed by atoms with Gasteiger partial charge in [0.15, 0.2) is 5.96 Å². The molecule has 4 unspecified atom stereocenters. The molecule has 0 saturated heterocycles. The predicted octanol–water partition coefficient (Wildman–Crippen LogP) is -2.13. The number of primary amides is 1. The molecule has 0 saturated carbocycles. The zero-order valence-corrected chi connectivity index (χ0v) is 21.5. The Morgan fingerprint density at radius 3 is 1.83 bits per heavy atom. The van der Waals surface area contributed by atoms with E-state index in [0.717, 1.165) is 0 Å². The molecule has 206 valence electrons. The molecule has 4 amide bonds. The van der Waals surface area contributed by atoms with E-state index in [2.05, 4.69) is 20.9 Å². The third-order valence-electron chi connectivity index (χ3n) is 5.18. The largest absolute Gasteiger partial charge is 0.480 e. The minimum Gasteiger partial charge on any atom is -0.480 e. The van der Waals surface area contributed by atoms with Gasteiger partial charge in [0.25, 0.3) is 0 Å². The second-order valence-corrected chi connectivity index (χ2v) is 9.38. The minimum absolute atomic E-state index is 0.0716. The Kier molecular flexibility index (Phi) is 14.7. The van der Waals surface area contributed by atoms with Crippen molar-refractivity contribution in [3.8, 4) is 0 Å². The van der Waals surface area contributed by atoms with E-state index in [1.165, 1.54) is 0 Å². The Morgan fingerprint density at radius 2 is 1.36 bits per heavy atom. The molecule has 0 spiro atoms. The van der Waals surface area contributed by atoms with Crippen molar-refractivity contribution in [3.63, 3.8) is 0 Å². The van der Waals surface area contributed by atoms with Gasteiger partial charge >= 0.3 is 5.97 Å². The number of hydrogen-bond donors (Lipinski definition) is 8. The van der Waals surface area contributed by atoms with Crippen molar-refractivity contribution >= 4 is 35.6 Å². The van der Waals surface area contributed by atoms with Gasteiger partial charge in [-0.2, -0.15) is 0 Å². The van der Waals surface area contributed by atoms with Crippen LogP contribution in [0.5, 0.6) is 0 Å². The summed E-state index contributed by atoms with van der Waals surface area (Å²) in [4.78, 5) is 65.1. The molecule has 0 radical (unpaired) electrons. The van der Waals surface area contributed by atoms with Crippen molar-refractivity contribution in [2.75, 3.05) is 6.54 Å². The Labute approximate surface area is 211 Å². The molecular formula is C22H42N8O6. The lowest BCUT2D eigenvalue weighted by Crippen LogP contribution is -2.57. The summed E-state index contributed by atoms with van der Waals surface area (Å²) < 4.78 is 0. The summed E-state index contributed by atoms with van der Waals surface area (Å²) in [5.41, 5.74) is 21.7. The number of carboxylic acids is 1. The van der Waals surface area contributed by atoms with Crippen LogP contribution in [0.3, 0.4) is 0 Å². The van der Waals surface area contributed by atoms with E-state index in [-0.39, 0.29) is 44.1 Å². The van der Waals surface area contributed by atoms with Gasteiger partial charge in [-0.15, -0.1) is 0 Å². The van der Waals surface area contributed by atoms with Crippen LogP contribution in [0, 0.1) is 11.8 Å². The van der Waals surface area contributed by atoms with E-state index in [4.69, 9.17) is 22.9 Å². The van der Waals surface area contributed by atoms with Crippen molar-refractivity contribution in [2.24, 2.45) is 39.8 Å². The number of guanidine groups is 1. The van der Waals surface area contributed by atoms with Crippen molar-refractivity contribution in [2.45, 2.75) is 84.0 Å². The van der Waals surface area contributed by atoms with E-state index < -0.39 is 59.7 Å². The number of aliphatic imine (C=N–C) groups is 1. The molecule has 0 aromatic heterocycles. The first-order chi connectivity index (χ1) is 16.6. The normalized spacial score (nSPS) is 14.3. The highest BCUT2D eigenvalue weighted by atomic mass is 16.4. The molecule has 0 aliphatic carbocycles. The van der Waals surface area contributed by atoms with Gasteiger partial charge in [-0.05, 0) is 37.5 Å². The van der Waals surface area contributed by atoms with Crippen molar-refractivity contribution in [1.82, 2.24) is 16.0 Å². The van der Waals surface area contributed by atoms with Crippen LogP contribution in [0.25, 0.3) is 0 Å². The summed E-state index contributed by atoms with van der Waals surface area (Å²) in [6, 6.07) is -4.43. The summed E-state index contributed by atoms with van der Waals surface area (Å²) in [5, 5.41) is 16.9. The SMILES string of the molecule is CC(C)CC(N)C(=O)NC(CCC(N)=O)C(=O)NC(CCCN=C(N)N)C(=O)NC(C(=O)O)C(C)C. The van der Waals surface area contributed by atoms with Crippen molar-refractivity contribution in [1.29, 1.82) is 0 Å². The lowest BCUT2D eigenvalue weighted by atomic mass is 10.0. The number of nitrogens with two attached hydrogens (primary N) is 4. The van der Waals surface area contributed by atoms with Crippen LogP contribution in [0.15, 0.2) is 4.99 Å². The minimum atomic E-state index is -1.23. The number of nitrogens with zero attached hydrogens (tertiary/aromatic N) is 1. The topological polar surface area (TPSA) is 258 Å². The standard InChI is InChI=1S/C22H42N8O6/c1-11(2)10-13(23)18(32)28-15(7-8-16(24)31)19(33)29-14(6-5-9-27-22(25)26)20(34)30-17(12(3)4)21(35)36/h11-15,17H,5-10,23H2,1-4H3,(H2,24,31)(H,28,32)(H,29,33)(H,30,34)(H,35,36)(H4,25,26,27).